The minimum atomic E-state index is -0.386. The zero-order valence-electron chi connectivity index (χ0n) is 8.48. The van der Waals surface area contributed by atoms with Gasteiger partial charge in [-0.05, 0) is 18.6 Å². The van der Waals surface area contributed by atoms with E-state index in [1.807, 2.05) is 0 Å². The Labute approximate surface area is 101 Å². The monoisotopic (exact) mass is 286 g/mol. The minimum Gasteiger partial charge on any atom is -0.379 e. The third-order valence-electron chi connectivity index (χ3n) is 2.45. The summed E-state index contributed by atoms with van der Waals surface area (Å²) in [4.78, 5) is 10.5. The number of rotatable bonds is 3. The van der Waals surface area contributed by atoms with E-state index in [0.717, 1.165) is 6.42 Å². The molecule has 0 unspecified atom stereocenters. The highest BCUT2D eigenvalue weighted by Gasteiger charge is 2.20. The number of anilines is 1. The molecule has 0 radical (unpaired) electrons. The van der Waals surface area contributed by atoms with Gasteiger partial charge in [0.05, 0.1) is 17.6 Å². The molecule has 1 aliphatic heterocycles. The fourth-order valence-electron chi connectivity index (χ4n) is 1.65. The van der Waals surface area contributed by atoms with Crippen LogP contribution < -0.4 is 5.32 Å². The van der Waals surface area contributed by atoms with Gasteiger partial charge in [0.2, 0.25) is 0 Å². The predicted molar refractivity (Wildman–Crippen MR) is 63.6 cm³/mol. The zero-order chi connectivity index (χ0) is 11.5. The number of nitro benzene ring substituents is 1. The van der Waals surface area contributed by atoms with Crippen LogP contribution in [0.5, 0.6) is 0 Å². The van der Waals surface area contributed by atoms with E-state index in [1.165, 1.54) is 6.07 Å². The maximum Gasteiger partial charge on any atom is 0.293 e. The number of hydrogen-bond donors (Lipinski definition) is 1. The highest BCUT2D eigenvalue weighted by Crippen LogP contribution is 2.29. The average molecular weight is 287 g/mol. The fraction of sp³-hybridized carbons (Fsp3) is 0.400. The molecule has 16 heavy (non-hydrogen) atoms. The maximum absolute atomic E-state index is 10.9. The van der Waals surface area contributed by atoms with E-state index in [9.17, 15) is 10.1 Å². The topological polar surface area (TPSA) is 64.4 Å². The number of benzene rings is 1. The third-order valence-corrected chi connectivity index (χ3v) is 2.94. The quantitative estimate of drug-likeness (QED) is 0.685. The first kappa shape index (κ1) is 11.3. The molecular formula is C10H11BrN2O3. The average Bonchev–Trinajstić information content (AvgIpc) is 2.73. The Morgan fingerprint density at radius 1 is 1.56 bits per heavy atom. The normalized spacial score (nSPS) is 19.7. The van der Waals surface area contributed by atoms with Gasteiger partial charge in [-0.15, -0.1) is 0 Å². The smallest absolute Gasteiger partial charge is 0.293 e. The summed E-state index contributed by atoms with van der Waals surface area (Å²) in [7, 11) is 0. The van der Waals surface area contributed by atoms with Gasteiger partial charge in [-0.1, -0.05) is 15.9 Å². The Morgan fingerprint density at radius 3 is 3.00 bits per heavy atom. The van der Waals surface area contributed by atoms with Gasteiger partial charge in [-0.25, -0.2) is 0 Å². The Bertz CT molecular complexity index is 405. The molecule has 1 aromatic rings. The van der Waals surface area contributed by atoms with Gasteiger partial charge in [0, 0.05) is 17.1 Å². The lowest BCUT2D eigenvalue weighted by Crippen LogP contribution is -2.19. The van der Waals surface area contributed by atoms with Crippen LogP contribution in [0.2, 0.25) is 0 Å². The number of nitro groups is 1. The van der Waals surface area contributed by atoms with Crippen molar-refractivity contribution in [3.63, 3.8) is 0 Å². The summed E-state index contributed by atoms with van der Waals surface area (Å²) in [6, 6.07) is 5.16. The molecule has 1 saturated heterocycles. The van der Waals surface area contributed by atoms with Crippen molar-refractivity contribution in [1.82, 2.24) is 0 Å². The molecule has 0 saturated carbocycles. The lowest BCUT2D eigenvalue weighted by atomic mass is 10.2. The number of nitrogens with zero attached hydrogens (tertiary/aromatic N) is 1. The Hall–Kier alpha value is -1.14. The molecule has 1 aromatic carbocycles. The van der Waals surface area contributed by atoms with Gasteiger partial charge >= 0.3 is 0 Å². The van der Waals surface area contributed by atoms with Crippen molar-refractivity contribution in [2.45, 2.75) is 12.5 Å². The molecule has 1 heterocycles. The van der Waals surface area contributed by atoms with E-state index in [-0.39, 0.29) is 16.7 Å². The molecule has 0 amide bonds. The standard InChI is InChI=1S/C10H11BrN2O3/c11-7-1-2-9(10(5-7)13(14)15)12-8-3-4-16-6-8/h1-2,5,8,12H,3-4,6H2/t8-/m0/s1. The highest BCUT2D eigenvalue weighted by atomic mass is 79.9. The summed E-state index contributed by atoms with van der Waals surface area (Å²) in [5.74, 6) is 0. The van der Waals surface area contributed by atoms with Crippen LogP contribution in [0, 0.1) is 10.1 Å². The van der Waals surface area contributed by atoms with Gasteiger partial charge in [-0.2, -0.15) is 0 Å². The zero-order valence-corrected chi connectivity index (χ0v) is 10.1. The molecule has 0 bridgehead atoms. The molecule has 2 rings (SSSR count). The molecule has 1 N–H and O–H groups in total. The van der Waals surface area contributed by atoms with E-state index in [4.69, 9.17) is 4.74 Å². The van der Waals surface area contributed by atoms with Gasteiger partial charge in [-0.3, -0.25) is 10.1 Å². The minimum absolute atomic E-state index is 0.0845. The van der Waals surface area contributed by atoms with E-state index in [2.05, 4.69) is 21.2 Å². The van der Waals surface area contributed by atoms with Crippen molar-refractivity contribution >= 4 is 27.3 Å². The van der Waals surface area contributed by atoms with Crippen molar-refractivity contribution in [3.05, 3.63) is 32.8 Å². The van der Waals surface area contributed by atoms with Crippen LogP contribution >= 0.6 is 15.9 Å². The molecule has 1 aliphatic rings. The van der Waals surface area contributed by atoms with Crippen LogP contribution in [-0.2, 0) is 4.74 Å². The molecule has 5 nitrogen and oxygen atoms in total. The molecule has 86 valence electrons. The van der Waals surface area contributed by atoms with Gasteiger partial charge in [0.1, 0.15) is 5.69 Å². The highest BCUT2D eigenvalue weighted by molar-refractivity contribution is 9.10. The van der Waals surface area contributed by atoms with Crippen molar-refractivity contribution in [1.29, 1.82) is 0 Å². The maximum atomic E-state index is 10.9. The molecular weight excluding hydrogens is 276 g/mol. The first-order chi connectivity index (χ1) is 7.66. The lowest BCUT2D eigenvalue weighted by molar-refractivity contribution is -0.384. The number of halogens is 1. The van der Waals surface area contributed by atoms with Crippen LogP contribution in [0.3, 0.4) is 0 Å². The molecule has 0 spiro atoms. The third kappa shape index (κ3) is 2.51. The summed E-state index contributed by atoms with van der Waals surface area (Å²) in [6.07, 6.45) is 0.882. The van der Waals surface area contributed by atoms with Crippen LogP contribution in [-0.4, -0.2) is 24.2 Å². The SMILES string of the molecule is O=[N+]([O-])c1cc(Br)ccc1N[C@H]1CCOC1. The van der Waals surface area contributed by atoms with Crippen LogP contribution in [0.1, 0.15) is 6.42 Å². The second-order valence-corrected chi connectivity index (χ2v) is 4.54. The fourth-order valence-corrected chi connectivity index (χ4v) is 2.00. The van der Waals surface area contributed by atoms with Crippen LogP contribution in [0.15, 0.2) is 22.7 Å². The summed E-state index contributed by atoms with van der Waals surface area (Å²) in [6.45, 7) is 1.31. The molecule has 6 heteroatoms. The summed E-state index contributed by atoms with van der Waals surface area (Å²) in [5, 5.41) is 14.0. The number of hydrogen-bond acceptors (Lipinski definition) is 4. The summed E-state index contributed by atoms with van der Waals surface area (Å²) < 4.78 is 5.91. The molecule has 1 fully saturated rings. The first-order valence-corrected chi connectivity index (χ1v) is 5.74. The van der Waals surface area contributed by atoms with Gasteiger partial charge in [0.15, 0.2) is 0 Å². The van der Waals surface area contributed by atoms with Crippen molar-refractivity contribution in [3.8, 4) is 0 Å². The van der Waals surface area contributed by atoms with Gasteiger partial charge in [0.25, 0.3) is 5.69 Å². The number of ether oxygens (including phenoxy) is 1. The van der Waals surface area contributed by atoms with E-state index in [1.54, 1.807) is 12.1 Å². The lowest BCUT2D eigenvalue weighted by Gasteiger charge is -2.12. The van der Waals surface area contributed by atoms with Crippen LogP contribution in [0.25, 0.3) is 0 Å². The van der Waals surface area contributed by atoms with Gasteiger partial charge < -0.3 is 10.1 Å². The Balaban J connectivity index is 2.21. The second kappa shape index (κ2) is 4.80. The van der Waals surface area contributed by atoms with Crippen molar-refractivity contribution in [2.24, 2.45) is 0 Å². The molecule has 1 atom stereocenters. The predicted octanol–water partition coefficient (Wildman–Crippen LogP) is 2.56. The first-order valence-electron chi connectivity index (χ1n) is 4.95. The van der Waals surface area contributed by atoms with E-state index >= 15 is 0 Å². The van der Waals surface area contributed by atoms with Crippen molar-refractivity contribution < 1.29 is 9.66 Å². The molecule has 0 aliphatic carbocycles. The molecule has 0 aromatic heterocycles. The van der Waals surface area contributed by atoms with Crippen molar-refractivity contribution in [2.75, 3.05) is 18.5 Å². The Kier molecular flexibility index (Phi) is 3.40. The summed E-state index contributed by atoms with van der Waals surface area (Å²) >= 11 is 3.22. The van der Waals surface area contributed by atoms with Crippen LogP contribution in [0.4, 0.5) is 11.4 Å². The summed E-state index contributed by atoms with van der Waals surface area (Å²) in [5.41, 5.74) is 0.630. The number of nitrogens with one attached hydrogen (secondary N) is 1. The largest absolute Gasteiger partial charge is 0.379 e. The van der Waals surface area contributed by atoms with E-state index < -0.39 is 0 Å². The van der Waals surface area contributed by atoms with E-state index in [0.29, 0.717) is 23.4 Å². The Morgan fingerprint density at radius 2 is 2.38 bits per heavy atom. The second-order valence-electron chi connectivity index (χ2n) is 3.62.